The van der Waals surface area contributed by atoms with Crippen LogP contribution in [0.3, 0.4) is 0 Å². The monoisotopic (exact) mass is 266 g/mol. The Balaban J connectivity index is 1.84. The number of hydrogen-bond acceptors (Lipinski definition) is 2. The molecule has 0 heterocycles. The fourth-order valence-corrected chi connectivity index (χ4v) is 3.05. The van der Waals surface area contributed by atoms with Gasteiger partial charge in [-0.1, -0.05) is 48.0 Å². The molecule has 20 heavy (non-hydrogen) atoms. The van der Waals surface area contributed by atoms with Crippen molar-refractivity contribution in [2.45, 2.75) is 38.1 Å². The Morgan fingerprint density at radius 1 is 1.05 bits per heavy atom. The molecule has 0 saturated carbocycles. The summed E-state index contributed by atoms with van der Waals surface area (Å²) in [7, 11) is 0. The molecule has 1 unspecified atom stereocenters. The molecule has 1 aliphatic rings. The number of fused-ring (bicyclic) bond motifs is 1. The summed E-state index contributed by atoms with van der Waals surface area (Å²) in [6.45, 7) is 0. The molecule has 0 fully saturated rings. The quantitative estimate of drug-likeness (QED) is 0.493. The number of benzene rings is 2. The van der Waals surface area contributed by atoms with Crippen LogP contribution in [0.5, 0.6) is 0 Å². The third kappa shape index (κ3) is 2.92. The second-order valence-corrected chi connectivity index (χ2v) is 5.64. The number of rotatable bonds is 4. The van der Waals surface area contributed by atoms with Crippen LogP contribution >= 0.6 is 0 Å². The molecule has 0 radical (unpaired) electrons. The van der Waals surface area contributed by atoms with Crippen molar-refractivity contribution in [2.75, 3.05) is 0 Å². The van der Waals surface area contributed by atoms with Gasteiger partial charge in [0, 0.05) is 6.04 Å². The van der Waals surface area contributed by atoms with E-state index in [9.17, 15) is 0 Å². The second kappa shape index (κ2) is 6.21. The summed E-state index contributed by atoms with van der Waals surface area (Å²) in [5.74, 6) is 5.79. The SMILES string of the molecule is NNC(CC1=CCCCC1)c1ccc2ccccc2c1. The van der Waals surface area contributed by atoms with E-state index in [1.165, 1.54) is 42.0 Å². The first-order valence-corrected chi connectivity index (χ1v) is 7.49. The molecule has 3 N–H and O–H groups in total. The zero-order valence-electron chi connectivity index (χ0n) is 11.8. The third-order valence-corrected chi connectivity index (χ3v) is 4.23. The largest absolute Gasteiger partial charge is 0.271 e. The number of hydrazine groups is 1. The van der Waals surface area contributed by atoms with Gasteiger partial charge in [-0.05, 0) is 54.5 Å². The lowest BCUT2D eigenvalue weighted by Gasteiger charge is -2.21. The topological polar surface area (TPSA) is 38.0 Å². The highest BCUT2D eigenvalue weighted by Crippen LogP contribution is 2.28. The van der Waals surface area contributed by atoms with Gasteiger partial charge in [0.1, 0.15) is 0 Å². The van der Waals surface area contributed by atoms with Gasteiger partial charge in [-0.3, -0.25) is 11.3 Å². The molecule has 1 aliphatic carbocycles. The predicted molar refractivity (Wildman–Crippen MR) is 85.2 cm³/mol. The van der Waals surface area contributed by atoms with Crippen LogP contribution in [0.4, 0.5) is 0 Å². The standard InChI is InChI=1S/C18H22N2/c19-20-18(12-14-6-2-1-3-7-14)17-11-10-15-8-4-5-9-16(15)13-17/h4-6,8-11,13,18,20H,1-3,7,12,19H2. The number of hydrogen-bond donors (Lipinski definition) is 2. The lowest BCUT2D eigenvalue weighted by atomic mass is 9.91. The molecule has 0 bridgehead atoms. The van der Waals surface area contributed by atoms with Gasteiger partial charge in [0.25, 0.3) is 0 Å². The number of nitrogens with one attached hydrogen (secondary N) is 1. The van der Waals surface area contributed by atoms with E-state index in [1.54, 1.807) is 5.57 Å². The van der Waals surface area contributed by atoms with Crippen LogP contribution in [-0.2, 0) is 0 Å². The Morgan fingerprint density at radius 3 is 2.65 bits per heavy atom. The summed E-state index contributed by atoms with van der Waals surface area (Å²) in [6.07, 6.45) is 8.53. The highest BCUT2D eigenvalue weighted by molar-refractivity contribution is 5.83. The first-order chi connectivity index (χ1) is 9.86. The van der Waals surface area contributed by atoms with Crippen LogP contribution in [-0.4, -0.2) is 0 Å². The smallest absolute Gasteiger partial charge is 0.0497 e. The van der Waals surface area contributed by atoms with Crippen molar-refractivity contribution < 1.29 is 0 Å². The molecule has 0 saturated heterocycles. The van der Waals surface area contributed by atoms with Gasteiger partial charge in [0.05, 0.1) is 0 Å². The van der Waals surface area contributed by atoms with Crippen molar-refractivity contribution in [1.82, 2.24) is 5.43 Å². The zero-order valence-corrected chi connectivity index (χ0v) is 11.8. The first-order valence-electron chi connectivity index (χ1n) is 7.49. The van der Waals surface area contributed by atoms with E-state index in [4.69, 9.17) is 5.84 Å². The van der Waals surface area contributed by atoms with Crippen LogP contribution in [0.15, 0.2) is 54.1 Å². The van der Waals surface area contributed by atoms with E-state index in [0.717, 1.165) is 6.42 Å². The molecule has 2 aromatic rings. The summed E-state index contributed by atoms with van der Waals surface area (Å²) in [6, 6.07) is 15.3. The molecule has 2 aromatic carbocycles. The maximum absolute atomic E-state index is 5.79. The Bertz CT molecular complexity index is 616. The minimum Gasteiger partial charge on any atom is -0.271 e. The minimum atomic E-state index is 0.212. The van der Waals surface area contributed by atoms with Gasteiger partial charge < -0.3 is 0 Å². The Labute approximate surface area is 120 Å². The molecule has 0 spiro atoms. The van der Waals surface area contributed by atoms with E-state index < -0.39 is 0 Å². The van der Waals surface area contributed by atoms with E-state index >= 15 is 0 Å². The van der Waals surface area contributed by atoms with E-state index in [-0.39, 0.29) is 6.04 Å². The maximum Gasteiger partial charge on any atom is 0.0497 e. The molecular weight excluding hydrogens is 244 g/mol. The molecule has 0 aliphatic heterocycles. The molecule has 2 nitrogen and oxygen atoms in total. The fourth-order valence-electron chi connectivity index (χ4n) is 3.05. The lowest BCUT2D eigenvalue weighted by Crippen LogP contribution is -2.28. The highest BCUT2D eigenvalue weighted by atomic mass is 15.2. The van der Waals surface area contributed by atoms with E-state index in [2.05, 4.69) is 54.0 Å². The summed E-state index contributed by atoms with van der Waals surface area (Å²) in [5, 5.41) is 2.56. The van der Waals surface area contributed by atoms with Crippen LogP contribution < -0.4 is 11.3 Å². The Kier molecular flexibility index (Phi) is 4.14. The number of nitrogens with two attached hydrogens (primary N) is 1. The van der Waals surface area contributed by atoms with Crippen molar-refractivity contribution in [2.24, 2.45) is 5.84 Å². The number of allylic oxidation sites excluding steroid dienone is 1. The van der Waals surface area contributed by atoms with Crippen molar-refractivity contribution >= 4 is 10.8 Å². The molecule has 3 rings (SSSR count). The third-order valence-electron chi connectivity index (χ3n) is 4.23. The highest BCUT2D eigenvalue weighted by Gasteiger charge is 2.14. The Hall–Kier alpha value is -1.64. The molecule has 0 amide bonds. The van der Waals surface area contributed by atoms with Crippen LogP contribution in [0, 0.1) is 0 Å². The van der Waals surface area contributed by atoms with E-state index in [0.29, 0.717) is 0 Å². The molecular formula is C18H22N2. The Morgan fingerprint density at radius 2 is 1.90 bits per heavy atom. The van der Waals surface area contributed by atoms with Gasteiger partial charge in [0.15, 0.2) is 0 Å². The molecule has 1 atom stereocenters. The van der Waals surface area contributed by atoms with Gasteiger partial charge in [0.2, 0.25) is 0 Å². The van der Waals surface area contributed by atoms with Crippen LogP contribution in [0.2, 0.25) is 0 Å². The van der Waals surface area contributed by atoms with Gasteiger partial charge in [-0.15, -0.1) is 0 Å². The van der Waals surface area contributed by atoms with E-state index in [1.807, 2.05) is 0 Å². The van der Waals surface area contributed by atoms with Crippen molar-refractivity contribution in [3.8, 4) is 0 Å². The van der Waals surface area contributed by atoms with Crippen molar-refractivity contribution in [1.29, 1.82) is 0 Å². The summed E-state index contributed by atoms with van der Waals surface area (Å²) in [5.41, 5.74) is 5.81. The summed E-state index contributed by atoms with van der Waals surface area (Å²) >= 11 is 0. The molecule has 0 aromatic heterocycles. The maximum atomic E-state index is 5.79. The van der Waals surface area contributed by atoms with Gasteiger partial charge in [-0.25, -0.2) is 0 Å². The van der Waals surface area contributed by atoms with Gasteiger partial charge in [-0.2, -0.15) is 0 Å². The lowest BCUT2D eigenvalue weighted by molar-refractivity contribution is 0.529. The zero-order chi connectivity index (χ0) is 13.8. The fraction of sp³-hybridized carbons (Fsp3) is 0.333. The average molecular weight is 266 g/mol. The van der Waals surface area contributed by atoms with Crippen molar-refractivity contribution in [3.63, 3.8) is 0 Å². The average Bonchev–Trinajstić information content (AvgIpc) is 2.53. The molecule has 104 valence electrons. The van der Waals surface area contributed by atoms with Gasteiger partial charge >= 0.3 is 0 Å². The van der Waals surface area contributed by atoms with Crippen molar-refractivity contribution in [3.05, 3.63) is 59.7 Å². The summed E-state index contributed by atoms with van der Waals surface area (Å²) < 4.78 is 0. The normalized spacial score (nSPS) is 16.9. The summed E-state index contributed by atoms with van der Waals surface area (Å²) in [4.78, 5) is 0. The second-order valence-electron chi connectivity index (χ2n) is 5.64. The molecule has 2 heteroatoms. The predicted octanol–water partition coefficient (Wildman–Crippen LogP) is 4.23. The minimum absolute atomic E-state index is 0.212. The first kappa shape index (κ1) is 13.3. The van der Waals surface area contributed by atoms with Crippen LogP contribution in [0.25, 0.3) is 10.8 Å². The van der Waals surface area contributed by atoms with Crippen LogP contribution in [0.1, 0.15) is 43.7 Å².